The SMILES string of the molecule is CN(C(=O)OCC1c2ccccc2-c2ccccc21)C(C(=O)O)c1cc(Br)ccc1Cl. The molecule has 1 aliphatic carbocycles. The molecule has 4 rings (SSSR count). The fraction of sp³-hybridized carbons (Fsp3) is 0.167. The predicted octanol–water partition coefficient (Wildman–Crippen LogP) is 6.11. The molecule has 158 valence electrons. The summed E-state index contributed by atoms with van der Waals surface area (Å²) in [6.07, 6.45) is -0.731. The number of nitrogens with zero attached hydrogens (tertiary/aromatic N) is 1. The van der Waals surface area contributed by atoms with Crippen molar-refractivity contribution in [3.8, 4) is 11.1 Å². The van der Waals surface area contributed by atoms with Crippen LogP contribution < -0.4 is 0 Å². The van der Waals surface area contributed by atoms with E-state index in [9.17, 15) is 14.7 Å². The molecular weight excluding hydrogens is 482 g/mol. The van der Waals surface area contributed by atoms with Gasteiger partial charge in [-0.15, -0.1) is 0 Å². The Bertz CT molecular complexity index is 1120. The Morgan fingerprint density at radius 1 is 1.06 bits per heavy atom. The van der Waals surface area contributed by atoms with Crippen molar-refractivity contribution < 1.29 is 19.4 Å². The lowest BCUT2D eigenvalue weighted by Crippen LogP contribution is -2.37. The molecule has 0 saturated carbocycles. The zero-order chi connectivity index (χ0) is 22.1. The summed E-state index contributed by atoms with van der Waals surface area (Å²) in [7, 11) is 1.40. The molecule has 0 heterocycles. The smallest absolute Gasteiger partial charge is 0.410 e. The standard InChI is InChI=1S/C24H19BrClNO4/c1-27(22(23(28)29)19-12-14(25)10-11-21(19)26)24(30)31-13-20-17-8-4-2-6-15(17)16-7-3-5-9-18(16)20/h2-12,20,22H,13H2,1H3,(H,28,29). The summed E-state index contributed by atoms with van der Waals surface area (Å²) in [5.74, 6) is -1.31. The van der Waals surface area contributed by atoms with Crippen LogP contribution in [0.15, 0.2) is 71.2 Å². The van der Waals surface area contributed by atoms with Crippen LogP contribution >= 0.6 is 27.5 Å². The summed E-state index contributed by atoms with van der Waals surface area (Å²) in [5.41, 5.74) is 4.72. The highest BCUT2D eigenvalue weighted by Gasteiger charge is 2.33. The molecule has 3 aromatic carbocycles. The van der Waals surface area contributed by atoms with Crippen LogP contribution in [0.25, 0.3) is 11.1 Å². The molecule has 7 heteroatoms. The van der Waals surface area contributed by atoms with E-state index in [4.69, 9.17) is 16.3 Å². The van der Waals surface area contributed by atoms with Crippen LogP contribution in [0.5, 0.6) is 0 Å². The van der Waals surface area contributed by atoms with Gasteiger partial charge in [0.25, 0.3) is 0 Å². The van der Waals surface area contributed by atoms with Gasteiger partial charge in [0, 0.05) is 28.0 Å². The number of carboxylic acid groups (broad SMARTS) is 1. The third-order valence-corrected chi connectivity index (χ3v) is 6.34. The third kappa shape index (κ3) is 4.05. The average molecular weight is 501 g/mol. The van der Waals surface area contributed by atoms with Crippen LogP contribution in [0, 0.1) is 0 Å². The number of benzene rings is 3. The van der Waals surface area contributed by atoms with Crippen molar-refractivity contribution in [3.63, 3.8) is 0 Å². The number of amides is 1. The second-order valence-corrected chi connectivity index (χ2v) is 8.64. The first-order valence-electron chi connectivity index (χ1n) is 9.64. The van der Waals surface area contributed by atoms with Gasteiger partial charge in [-0.1, -0.05) is 76.1 Å². The van der Waals surface area contributed by atoms with Crippen LogP contribution in [-0.4, -0.2) is 35.7 Å². The highest BCUT2D eigenvalue weighted by Crippen LogP contribution is 2.44. The van der Waals surface area contributed by atoms with E-state index in [-0.39, 0.29) is 17.5 Å². The maximum Gasteiger partial charge on any atom is 0.410 e. The average Bonchev–Trinajstić information content (AvgIpc) is 3.08. The lowest BCUT2D eigenvalue weighted by molar-refractivity contribution is -0.142. The molecule has 31 heavy (non-hydrogen) atoms. The van der Waals surface area contributed by atoms with Crippen molar-refractivity contribution in [2.45, 2.75) is 12.0 Å². The largest absolute Gasteiger partial charge is 0.479 e. The summed E-state index contributed by atoms with van der Waals surface area (Å²) in [6, 6.07) is 19.7. The van der Waals surface area contributed by atoms with Gasteiger partial charge in [-0.25, -0.2) is 9.59 Å². The van der Waals surface area contributed by atoms with Gasteiger partial charge in [0.2, 0.25) is 0 Å². The summed E-state index contributed by atoms with van der Waals surface area (Å²) in [5, 5.41) is 10.0. The second-order valence-electron chi connectivity index (χ2n) is 7.32. The number of hydrogen-bond acceptors (Lipinski definition) is 3. The lowest BCUT2D eigenvalue weighted by Gasteiger charge is -2.26. The van der Waals surface area contributed by atoms with Gasteiger partial charge in [-0.2, -0.15) is 0 Å². The number of fused-ring (bicyclic) bond motifs is 3. The molecule has 1 unspecified atom stereocenters. The van der Waals surface area contributed by atoms with Crippen molar-refractivity contribution >= 4 is 39.6 Å². The van der Waals surface area contributed by atoms with Gasteiger partial charge >= 0.3 is 12.1 Å². The van der Waals surface area contributed by atoms with Gasteiger partial charge in [-0.3, -0.25) is 4.90 Å². The molecule has 0 fully saturated rings. The molecule has 3 aromatic rings. The summed E-state index contributed by atoms with van der Waals surface area (Å²) < 4.78 is 6.26. The van der Waals surface area contributed by atoms with Crippen molar-refractivity contribution in [2.75, 3.05) is 13.7 Å². The minimum absolute atomic E-state index is 0.107. The normalized spacial score (nSPS) is 13.3. The lowest BCUT2D eigenvalue weighted by atomic mass is 9.98. The summed E-state index contributed by atoms with van der Waals surface area (Å²) in [4.78, 5) is 25.9. The van der Waals surface area contributed by atoms with Crippen LogP contribution in [0.4, 0.5) is 4.79 Å². The van der Waals surface area contributed by atoms with Crippen LogP contribution in [0.3, 0.4) is 0 Å². The van der Waals surface area contributed by atoms with E-state index in [0.717, 1.165) is 27.2 Å². The van der Waals surface area contributed by atoms with Crippen molar-refractivity contribution in [1.82, 2.24) is 4.90 Å². The van der Waals surface area contributed by atoms with Gasteiger partial charge in [0.1, 0.15) is 6.61 Å². The number of rotatable bonds is 5. The topological polar surface area (TPSA) is 66.8 Å². The number of aliphatic carboxylic acids is 1. The maximum atomic E-state index is 12.8. The Morgan fingerprint density at radius 3 is 2.23 bits per heavy atom. The number of halogens is 2. The zero-order valence-electron chi connectivity index (χ0n) is 16.6. The van der Waals surface area contributed by atoms with Crippen LogP contribution in [0.1, 0.15) is 28.7 Å². The van der Waals surface area contributed by atoms with Crippen LogP contribution in [0.2, 0.25) is 5.02 Å². The number of carboxylic acids is 1. The highest BCUT2D eigenvalue weighted by atomic mass is 79.9. The first-order valence-corrected chi connectivity index (χ1v) is 10.8. The molecule has 1 amide bonds. The fourth-order valence-electron chi connectivity index (χ4n) is 4.03. The minimum atomic E-state index is -1.28. The molecule has 0 bridgehead atoms. The van der Waals surface area contributed by atoms with E-state index in [1.165, 1.54) is 7.05 Å². The number of ether oxygens (including phenoxy) is 1. The molecule has 0 aliphatic heterocycles. The van der Waals surface area contributed by atoms with Crippen molar-refractivity contribution in [2.24, 2.45) is 0 Å². The molecule has 0 aromatic heterocycles. The highest BCUT2D eigenvalue weighted by molar-refractivity contribution is 9.10. The van der Waals surface area contributed by atoms with E-state index in [0.29, 0.717) is 10.0 Å². The Balaban J connectivity index is 1.56. The number of carbonyl (C=O) groups is 2. The Kier molecular flexibility index (Phi) is 6.03. The predicted molar refractivity (Wildman–Crippen MR) is 122 cm³/mol. The second kappa shape index (κ2) is 8.73. The number of hydrogen-bond donors (Lipinski definition) is 1. The molecule has 0 radical (unpaired) electrons. The first kappa shape index (κ1) is 21.4. The molecule has 1 atom stereocenters. The van der Waals surface area contributed by atoms with E-state index in [1.807, 2.05) is 36.4 Å². The maximum absolute atomic E-state index is 12.8. The number of carbonyl (C=O) groups excluding carboxylic acids is 1. The van der Waals surface area contributed by atoms with Gasteiger partial charge in [0.05, 0.1) is 0 Å². The van der Waals surface area contributed by atoms with E-state index in [2.05, 4.69) is 28.1 Å². The molecule has 1 aliphatic rings. The van der Waals surface area contributed by atoms with Gasteiger partial charge < -0.3 is 9.84 Å². The van der Waals surface area contributed by atoms with Crippen molar-refractivity contribution in [3.05, 3.63) is 92.9 Å². The van der Waals surface area contributed by atoms with E-state index >= 15 is 0 Å². The van der Waals surface area contributed by atoms with E-state index < -0.39 is 18.1 Å². The molecule has 1 N–H and O–H groups in total. The Hall–Kier alpha value is -2.83. The van der Waals surface area contributed by atoms with Gasteiger partial charge in [0.15, 0.2) is 6.04 Å². The van der Waals surface area contributed by atoms with Crippen molar-refractivity contribution in [1.29, 1.82) is 0 Å². The van der Waals surface area contributed by atoms with E-state index in [1.54, 1.807) is 18.2 Å². The first-order chi connectivity index (χ1) is 14.9. The summed E-state index contributed by atoms with van der Waals surface area (Å²) >= 11 is 9.53. The van der Waals surface area contributed by atoms with Crippen LogP contribution in [-0.2, 0) is 9.53 Å². The third-order valence-electron chi connectivity index (χ3n) is 5.50. The number of likely N-dealkylation sites (N-methyl/N-ethyl adjacent to an activating group) is 1. The molecular formula is C24H19BrClNO4. The Morgan fingerprint density at radius 2 is 1.65 bits per heavy atom. The monoisotopic (exact) mass is 499 g/mol. The quantitative estimate of drug-likeness (QED) is 0.459. The summed E-state index contributed by atoms with van der Waals surface area (Å²) in [6.45, 7) is 0.107. The minimum Gasteiger partial charge on any atom is -0.479 e. The zero-order valence-corrected chi connectivity index (χ0v) is 18.9. The molecule has 0 spiro atoms. The fourth-order valence-corrected chi connectivity index (χ4v) is 4.63. The molecule has 0 saturated heterocycles. The Labute approximate surface area is 193 Å². The molecule has 5 nitrogen and oxygen atoms in total. The van der Waals surface area contributed by atoms with Gasteiger partial charge in [-0.05, 0) is 40.5 Å².